The van der Waals surface area contributed by atoms with Crippen molar-refractivity contribution in [3.05, 3.63) is 11.8 Å². The lowest BCUT2D eigenvalue weighted by Crippen LogP contribution is -2.51. The molecule has 2 saturated carbocycles. The van der Waals surface area contributed by atoms with E-state index >= 15 is 0 Å². The quantitative estimate of drug-likeness (QED) is 0.817. The average Bonchev–Trinajstić information content (AvgIpc) is 3.10. The molecule has 3 aliphatic rings. The Kier molecular flexibility index (Phi) is 2.86. The number of hydrogen-bond donors (Lipinski definition) is 2. The zero-order valence-electron chi connectivity index (χ0n) is 10.3. The smallest absolute Gasteiger partial charge is 0.248 e. The molecule has 1 aliphatic heterocycles. The predicted molar refractivity (Wildman–Crippen MR) is 61.7 cm³/mol. The van der Waals surface area contributed by atoms with Gasteiger partial charge in [-0.15, -0.1) is 5.48 Å². The summed E-state index contributed by atoms with van der Waals surface area (Å²) in [7, 11) is 0. The van der Waals surface area contributed by atoms with E-state index < -0.39 is 11.5 Å². The first-order chi connectivity index (χ1) is 8.55. The minimum absolute atomic E-state index is 0.0263. The van der Waals surface area contributed by atoms with Gasteiger partial charge in [0, 0.05) is 18.8 Å². The van der Waals surface area contributed by atoms with E-state index in [1.807, 2.05) is 6.08 Å². The number of hydrogen-bond acceptors (Lipinski definition) is 3. The number of aliphatic hydroxyl groups excluding tert-OH is 1. The third-order valence-electron chi connectivity index (χ3n) is 4.45. The van der Waals surface area contributed by atoms with Gasteiger partial charge in [-0.1, -0.05) is 0 Å². The molecule has 2 aliphatic carbocycles. The van der Waals surface area contributed by atoms with Gasteiger partial charge in [0.05, 0.1) is 6.61 Å². The van der Waals surface area contributed by atoms with Crippen molar-refractivity contribution in [1.82, 2.24) is 5.48 Å². The molecule has 2 N–H and O–H groups in total. The Balaban J connectivity index is 1.73. The van der Waals surface area contributed by atoms with Gasteiger partial charge in [-0.2, -0.15) is 0 Å². The van der Waals surface area contributed by atoms with Crippen LogP contribution in [0.5, 0.6) is 0 Å². The summed E-state index contributed by atoms with van der Waals surface area (Å²) in [6.45, 7) is -0.0978. The van der Waals surface area contributed by atoms with Crippen LogP contribution in [0, 0.1) is 11.8 Å². The van der Waals surface area contributed by atoms with Crippen molar-refractivity contribution in [3.8, 4) is 0 Å². The van der Waals surface area contributed by atoms with Gasteiger partial charge in [-0.25, -0.2) is 8.78 Å². The first kappa shape index (κ1) is 12.4. The molecule has 0 bridgehead atoms. The highest BCUT2D eigenvalue weighted by molar-refractivity contribution is 5.21. The molecule has 0 amide bonds. The molecule has 1 heterocycles. The van der Waals surface area contributed by atoms with Crippen LogP contribution in [0.2, 0.25) is 0 Å². The van der Waals surface area contributed by atoms with Gasteiger partial charge in [-0.3, -0.25) is 0 Å². The fourth-order valence-electron chi connectivity index (χ4n) is 3.00. The summed E-state index contributed by atoms with van der Waals surface area (Å²) in [5.41, 5.74) is 2.26. The van der Waals surface area contributed by atoms with Gasteiger partial charge < -0.3 is 9.94 Å². The highest BCUT2D eigenvalue weighted by Gasteiger charge is 2.48. The summed E-state index contributed by atoms with van der Waals surface area (Å²) in [6, 6.07) is 0. The Bertz CT molecular complexity index is 358. The number of alkyl halides is 2. The van der Waals surface area contributed by atoms with Gasteiger partial charge in [-0.05, 0) is 37.7 Å². The molecule has 102 valence electrons. The molecule has 0 saturated heterocycles. The maximum absolute atomic E-state index is 13.2. The average molecular weight is 259 g/mol. The van der Waals surface area contributed by atoms with Gasteiger partial charge in [0.1, 0.15) is 11.3 Å². The third-order valence-corrected chi connectivity index (χ3v) is 4.45. The van der Waals surface area contributed by atoms with Crippen molar-refractivity contribution in [2.45, 2.75) is 50.0 Å². The van der Waals surface area contributed by atoms with Crippen molar-refractivity contribution in [2.75, 3.05) is 6.61 Å². The second-order valence-electron chi connectivity index (χ2n) is 5.85. The minimum Gasteiger partial charge on any atom is -0.412 e. The molecule has 0 aromatic heterocycles. The standard InChI is InChI=1S/C13H19F2NO2/c14-13(15)5-3-10(4-6-13)12(8-17)7-11(18-16-12)9-1-2-9/h7,9-10,16-17H,1-6,8H2. The first-order valence-corrected chi connectivity index (χ1v) is 6.70. The lowest BCUT2D eigenvalue weighted by atomic mass is 9.74. The molecule has 0 radical (unpaired) electrons. The summed E-state index contributed by atoms with van der Waals surface area (Å²) in [5, 5.41) is 9.64. The van der Waals surface area contributed by atoms with Crippen LogP contribution < -0.4 is 5.48 Å². The van der Waals surface area contributed by atoms with Gasteiger partial charge >= 0.3 is 0 Å². The van der Waals surface area contributed by atoms with Crippen LogP contribution in [0.1, 0.15) is 38.5 Å². The predicted octanol–water partition coefficient (Wildman–Crippen LogP) is 2.37. The van der Waals surface area contributed by atoms with Crippen molar-refractivity contribution < 1.29 is 18.7 Å². The largest absolute Gasteiger partial charge is 0.412 e. The highest BCUT2D eigenvalue weighted by atomic mass is 19.3. The van der Waals surface area contributed by atoms with Crippen LogP contribution >= 0.6 is 0 Å². The molecule has 0 aromatic rings. The van der Waals surface area contributed by atoms with Crippen LogP contribution in [-0.2, 0) is 4.84 Å². The summed E-state index contributed by atoms with van der Waals surface area (Å²) < 4.78 is 26.4. The van der Waals surface area contributed by atoms with E-state index in [0.29, 0.717) is 18.8 Å². The van der Waals surface area contributed by atoms with Crippen LogP contribution in [0.25, 0.3) is 0 Å². The molecule has 0 aromatic carbocycles. The summed E-state index contributed by atoms with van der Waals surface area (Å²) in [5.74, 6) is -1.15. The highest BCUT2D eigenvalue weighted by Crippen LogP contribution is 2.46. The Hall–Kier alpha value is -0.680. The van der Waals surface area contributed by atoms with E-state index in [0.717, 1.165) is 18.6 Å². The van der Waals surface area contributed by atoms with E-state index in [9.17, 15) is 13.9 Å². The fourth-order valence-corrected chi connectivity index (χ4v) is 3.00. The maximum atomic E-state index is 13.2. The zero-order valence-corrected chi connectivity index (χ0v) is 10.3. The number of aliphatic hydroxyl groups is 1. The second-order valence-corrected chi connectivity index (χ2v) is 5.85. The SMILES string of the molecule is OCC1(C2CCC(F)(F)CC2)C=C(C2CC2)ON1. The summed E-state index contributed by atoms with van der Waals surface area (Å²) in [6.07, 6.45) is 4.87. The molecular formula is C13H19F2NO2. The van der Waals surface area contributed by atoms with Crippen molar-refractivity contribution in [1.29, 1.82) is 0 Å². The van der Waals surface area contributed by atoms with Crippen LogP contribution in [-0.4, -0.2) is 23.2 Å². The number of rotatable bonds is 3. The molecule has 1 unspecified atom stereocenters. The first-order valence-electron chi connectivity index (χ1n) is 6.70. The van der Waals surface area contributed by atoms with Gasteiger partial charge in [0.15, 0.2) is 0 Å². The van der Waals surface area contributed by atoms with Crippen molar-refractivity contribution >= 4 is 0 Å². The fraction of sp³-hybridized carbons (Fsp3) is 0.846. The normalized spacial score (nSPS) is 36.3. The number of nitrogens with one attached hydrogen (secondary N) is 1. The summed E-state index contributed by atoms with van der Waals surface area (Å²) >= 11 is 0. The lowest BCUT2D eigenvalue weighted by molar-refractivity contribution is -0.0691. The van der Waals surface area contributed by atoms with E-state index in [-0.39, 0.29) is 25.4 Å². The van der Waals surface area contributed by atoms with Crippen LogP contribution in [0.4, 0.5) is 8.78 Å². The lowest BCUT2D eigenvalue weighted by Gasteiger charge is -2.38. The van der Waals surface area contributed by atoms with E-state index in [1.165, 1.54) is 0 Å². The Morgan fingerprint density at radius 1 is 1.28 bits per heavy atom. The molecular weight excluding hydrogens is 240 g/mol. The maximum Gasteiger partial charge on any atom is 0.248 e. The zero-order chi connectivity index (χ0) is 12.8. The summed E-state index contributed by atoms with van der Waals surface area (Å²) in [4.78, 5) is 5.45. The van der Waals surface area contributed by atoms with E-state index in [4.69, 9.17) is 4.84 Å². The van der Waals surface area contributed by atoms with E-state index in [1.54, 1.807) is 0 Å². The van der Waals surface area contributed by atoms with E-state index in [2.05, 4.69) is 5.48 Å². The molecule has 5 heteroatoms. The monoisotopic (exact) mass is 259 g/mol. The number of allylic oxidation sites excluding steroid dienone is 1. The molecule has 0 spiro atoms. The second kappa shape index (κ2) is 4.17. The Morgan fingerprint density at radius 3 is 2.50 bits per heavy atom. The molecule has 2 fully saturated rings. The number of hydroxylamine groups is 1. The molecule has 3 rings (SSSR count). The van der Waals surface area contributed by atoms with Gasteiger partial charge in [0.25, 0.3) is 0 Å². The number of halogens is 2. The molecule has 3 nitrogen and oxygen atoms in total. The van der Waals surface area contributed by atoms with Crippen molar-refractivity contribution in [2.24, 2.45) is 11.8 Å². The Labute approximate surface area is 105 Å². The van der Waals surface area contributed by atoms with Crippen LogP contribution in [0.3, 0.4) is 0 Å². The molecule has 18 heavy (non-hydrogen) atoms. The van der Waals surface area contributed by atoms with Crippen molar-refractivity contribution in [3.63, 3.8) is 0 Å². The third kappa shape index (κ3) is 2.14. The van der Waals surface area contributed by atoms with Crippen LogP contribution in [0.15, 0.2) is 11.8 Å². The van der Waals surface area contributed by atoms with Gasteiger partial charge in [0.2, 0.25) is 5.92 Å². The Morgan fingerprint density at radius 2 is 1.94 bits per heavy atom. The minimum atomic E-state index is -2.53. The topological polar surface area (TPSA) is 41.5 Å². The molecule has 1 atom stereocenters.